The van der Waals surface area contributed by atoms with Crippen LogP contribution in [-0.2, 0) is 4.79 Å². The Morgan fingerprint density at radius 2 is 1.83 bits per heavy atom. The average molecular weight is 317 g/mol. The summed E-state index contributed by atoms with van der Waals surface area (Å²) in [6.45, 7) is 1.97. The largest absolute Gasteiger partial charge is 0.486 e. The second-order valence-corrected chi connectivity index (χ2v) is 5.29. The summed E-state index contributed by atoms with van der Waals surface area (Å²) in [6.07, 6.45) is -1.26. The highest BCUT2D eigenvalue weighted by molar-refractivity contribution is 5.76. The maximum absolute atomic E-state index is 13.5. The minimum Gasteiger partial charge on any atom is -0.486 e. The molecule has 0 saturated heterocycles. The summed E-state index contributed by atoms with van der Waals surface area (Å²) in [5.74, 6) is -0.575. The van der Waals surface area contributed by atoms with Crippen molar-refractivity contribution in [2.45, 2.75) is 25.6 Å². The van der Waals surface area contributed by atoms with Crippen molar-refractivity contribution in [1.82, 2.24) is 5.32 Å². The predicted octanol–water partition coefficient (Wildman–Crippen LogP) is 2.83. The summed E-state index contributed by atoms with van der Waals surface area (Å²) in [5, 5.41) is 12.7. The number of para-hydroxylation sites is 1. The van der Waals surface area contributed by atoms with Crippen molar-refractivity contribution in [3.63, 3.8) is 0 Å². The van der Waals surface area contributed by atoms with Gasteiger partial charge in [0.1, 0.15) is 6.10 Å². The molecule has 0 fully saturated rings. The standard InChI is InChI=1S/C18H20FNO3/c1-13(23-17-10-6-5-9-15(17)19)12-20-18(22)11-16(21)14-7-3-2-4-8-14/h2-10,13,16,21H,11-12H2,1H3,(H,20,22). The second-order valence-electron chi connectivity index (χ2n) is 5.29. The Kier molecular flexibility index (Phi) is 6.11. The zero-order valence-corrected chi connectivity index (χ0v) is 12.9. The van der Waals surface area contributed by atoms with Crippen molar-refractivity contribution >= 4 is 5.91 Å². The minimum absolute atomic E-state index is 0.0313. The van der Waals surface area contributed by atoms with Crippen molar-refractivity contribution in [1.29, 1.82) is 0 Å². The molecule has 4 nitrogen and oxygen atoms in total. The molecule has 23 heavy (non-hydrogen) atoms. The summed E-state index contributed by atoms with van der Waals surface area (Å²) in [7, 11) is 0. The predicted molar refractivity (Wildman–Crippen MR) is 85.5 cm³/mol. The summed E-state index contributed by atoms with van der Waals surface area (Å²) in [6, 6.07) is 15.1. The van der Waals surface area contributed by atoms with Crippen LogP contribution in [0.5, 0.6) is 5.75 Å². The molecule has 0 aliphatic rings. The van der Waals surface area contributed by atoms with Crippen molar-refractivity contribution in [3.8, 4) is 5.75 Å². The van der Waals surface area contributed by atoms with Crippen molar-refractivity contribution in [3.05, 3.63) is 66.0 Å². The van der Waals surface area contributed by atoms with Crippen LogP contribution in [-0.4, -0.2) is 23.7 Å². The average Bonchev–Trinajstić information content (AvgIpc) is 2.56. The molecular weight excluding hydrogens is 297 g/mol. The molecule has 2 unspecified atom stereocenters. The third-order valence-corrected chi connectivity index (χ3v) is 3.31. The molecule has 2 N–H and O–H groups in total. The third kappa shape index (κ3) is 5.38. The fourth-order valence-electron chi connectivity index (χ4n) is 2.10. The van der Waals surface area contributed by atoms with Crippen molar-refractivity contribution < 1.29 is 19.0 Å². The van der Waals surface area contributed by atoms with Gasteiger partial charge in [-0.25, -0.2) is 4.39 Å². The topological polar surface area (TPSA) is 58.6 Å². The number of rotatable bonds is 7. The highest BCUT2D eigenvalue weighted by atomic mass is 19.1. The van der Waals surface area contributed by atoms with E-state index >= 15 is 0 Å². The fraction of sp³-hybridized carbons (Fsp3) is 0.278. The van der Waals surface area contributed by atoms with Crippen LogP contribution < -0.4 is 10.1 Å². The lowest BCUT2D eigenvalue weighted by Gasteiger charge is -2.17. The van der Waals surface area contributed by atoms with Crippen LogP contribution in [0.25, 0.3) is 0 Å². The number of ether oxygens (including phenoxy) is 1. The number of amides is 1. The molecule has 0 aliphatic carbocycles. The van der Waals surface area contributed by atoms with Crippen LogP contribution in [0.2, 0.25) is 0 Å². The molecule has 0 bridgehead atoms. The monoisotopic (exact) mass is 317 g/mol. The highest BCUT2D eigenvalue weighted by Gasteiger charge is 2.14. The number of halogens is 1. The van der Waals surface area contributed by atoms with Crippen LogP contribution in [0.15, 0.2) is 54.6 Å². The third-order valence-electron chi connectivity index (χ3n) is 3.31. The molecule has 0 heterocycles. The molecule has 2 aromatic carbocycles. The summed E-state index contributed by atoms with van der Waals surface area (Å²) < 4.78 is 18.9. The van der Waals surface area contributed by atoms with Gasteiger partial charge >= 0.3 is 0 Å². The zero-order chi connectivity index (χ0) is 16.7. The Morgan fingerprint density at radius 3 is 2.52 bits per heavy atom. The van der Waals surface area contributed by atoms with Gasteiger partial charge in [-0.1, -0.05) is 42.5 Å². The summed E-state index contributed by atoms with van der Waals surface area (Å²) in [4.78, 5) is 11.8. The Morgan fingerprint density at radius 1 is 1.17 bits per heavy atom. The van der Waals surface area contributed by atoms with E-state index in [1.165, 1.54) is 12.1 Å². The second kappa shape index (κ2) is 8.29. The Labute approximate surface area is 134 Å². The molecule has 1 amide bonds. The summed E-state index contributed by atoms with van der Waals surface area (Å²) >= 11 is 0. The Hall–Kier alpha value is -2.40. The molecule has 0 aliphatic heterocycles. The molecule has 0 radical (unpaired) electrons. The number of benzene rings is 2. The van der Waals surface area contributed by atoms with Crippen LogP contribution in [0.4, 0.5) is 4.39 Å². The van der Waals surface area contributed by atoms with Crippen molar-refractivity contribution in [2.24, 2.45) is 0 Å². The maximum atomic E-state index is 13.5. The van der Waals surface area contributed by atoms with Gasteiger partial charge < -0.3 is 15.2 Å². The van der Waals surface area contributed by atoms with E-state index in [1.54, 1.807) is 43.3 Å². The van der Waals surface area contributed by atoms with Gasteiger partial charge in [0.15, 0.2) is 11.6 Å². The smallest absolute Gasteiger partial charge is 0.223 e. The van der Waals surface area contributed by atoms with E-state index in [2.05, 4.69) is 5.32 Å². The van der Waals surface area contributed by atoms with Crippen LogP contribution >= 0.6 is 0 Å². The molecular formula is C18H20FNO3. The molecule has 2 rings (SSSR count). The first kappa shape index (κ1) is 17.0. The lowest BCUT2D eigenvalue weighted by Crippen LogP contribution is -2.34. The molecule has 0 aromatic heterocycles. The van der Waals surface area contributed by atoms with Gasteiger partial charge in [0, 0.05) is 0 Å². The Bertz CT molecular complexity index is 633. The minimum atomic E-state index is -0.848. The SMILES string of the molecule is CC(CNC(=O)CC(O)c1ccccc1)Oc1ccccc1F. The van der Waals surface area contributed by atoms with E-state index < -0.39 is 11.9 Å². The van der Waals surface area contributed by atoms with Gasteiger partial charge in [-0.15, -0.1) is 0 Å². The molecule has 2 aromatic rings. The van der Waals surface area contributed by atoms with Gasteiger partial charge in [-0.05, 0) is 24.6 Å². The summed E-state index contributed by atoms with van der Waals surface area (Å²) in [5.41, 5.74) is 0.693. The van der Waals surface area contributed by atoms with Gasteiger partial charge in [-0.2, -0.15) is 0 Å². The molecule has 5 heteroatoms. The van der Waals surface area contributed by atoms with Crippen LogP contribution in [0.3, 0.4) is 0 Å². The lowest BCUT2D eigenvalue weighted by atomic mass is 10.1. The number of hydrogen-bond donors (Lipinski definition) is 2. The quantitative estimate of drug-likeness (QED) is 0.825. The molecule has 0 spiro atoms. The number of carbonyl (C=O) groups excluding carboxylic acids is 1. The van der Waals surface area contributed by atoms with E-state index in [0.717, 1.165) is 0 Å². The first-order chi connectivity index (χ1) is 11.1. The van der Waals surface area contributed by atoms with Gasteiger partial charge in [0.25, 0.3) is 0 Å². The maximum Gasteiger partial charge on any atom is 0.223 e. The first-order valence-corrected chi connectivity index (χ1v) is 7.47. The van der Waals surface area contributed by atoms with E-state index in [9.17, 15) is 14.3 Å². The van der Waals surface area contributed by atoms with Crippen LogP contribution in [0, 0.1) is 5.82 Å². The first-order valence-electron chi connectivity index (χ1n) is 7.47. The number of carbonyl (C=O) groups is 1. The zero-order valence-electron chi connectivity index (χ0n) is 12.9. The van der Waals surface area contributed by atoms with Gasteiger partial charge in [-0.3, -0.25) is 4.79 Å². The number of hydrogen-bond acceptors (Lipinski definition) is 3. The van der Waals surface area contributed by atoms with E-state index in [0.29, 0.717) is 5.56 Å². The van der Waals surface area contributed by atoms with Gasteiger partial charge in [0.2, 0.25) is 5.91 Å². The van der Waals surface area contributed by atoms with E-state index in [1.807, 2.05) is 6.07 Å². The number of aliphatic hydroxyl groups is 1. The normalized spacial score (nSPS) is 13.2. The van der Waals surface area contributed by atoms with E-state index in [4.69, 9.17) is 4.74 Å². The number of nitrogens with one attached hydrogen (secondary N) is 1. The van der Waals surface area contributed by atoms with Crippen molar-refractivity contribution in [2.75, 3.05) is 6.54 Å². The Balaban J connectivity index is 1.77. The fourth-order valence-corrected chi connectivity index (χ4v) is 2.10. The lowest BCUT2D eigenvalue weighted by molar-refractivity contribution is -0.123. The molecule has 122 valence electrons. The molecule has 0 saturated carbocycles. The van der Waals surface area contributed by atoms with E-state index in [-0.39, 0.29) is 30.7 Å². The molecule has 2 atom stereocenters. The van der Waals surface area contributed by atoms with Gasteiger partial charge in [0.05, 0.1) is 19.1 Å². The number of aliphatic hydroxyl groups excluding tert-OH is 1. The highest BCUT2D eigenvalue weighted by Crippen LogP contribution is 2.17. The van der Waals surface area contributed by atoms with Crippen LogP contribution in [0.1, 0.15) is 25.0 Å².